The van der Waals surface area contributed by atoms with Gasteiger partial charge >= 0.3 is 5.97 Å². The second-order valence-corrected chi connectivity index (χ2v) is 10.3. The number of aromatic carboxylic acids is 1. The number of hydrogen-bond donors (Lipinski definition) is 2. The van der Waals surface area contributed by atoms with E-state index in [2.05, 4.69) is 72.6 Å². The summed E-state index contributed by atoms with van der Waals surface area (Å²) in [5.74, 6) is -0.0909. The molecule has 4 aromatic carbocycles. The van der Waals surface area contributed by atoms with Crippen LogP contribution in [0.4, 0.5) is 11.4 Å². The van der Waals surface area contributed by atoms with Crippen LogP contribution >= 0.6 is 12.4 Å². The van der Waals surface area contributed by atoms with Crippen LogP contribution in [0.3, 0.4) is 0 Å². The maximum absolute atomic E-state index is 11.9. The van der Waals surface area contributed by atoms with Crippen LogP contribution in [0.2, 0.25) is 0 Å². The number of hydrogen-bond acceptors (Lipinski definition) is 4. The molecule has 5 rings (SSSR count). The van der Waals surface area contributed by atoms with Crippen molar-refractivity contribution in [3.63, 3.8) is 0 Å². The lowest BCUT2D eigenvalue weighted by Gasteiger charge is -2.43. The summed E-state index contributed by atoms with van der Waals surface area (Å²) >= 11 is 0. The molecule has 0 bridgehead atoms. The number of fused-ring (bicyclic) bond motifs is 2. The van der Waals surface area contributed by atoms with Gasteiger partial charge in [0.2, 0.25) is 0 Å². The number of rotatable bonds is 7. The van der Waals surface area contributed by atoms with Gasteiger partial charge in [-0.3, -0.25) is 0 Å². The summed E-state index contributed by atoms with van der Waals surface area (Å²) in [4.78, 5) is 14.1. The van der Waals surface area contributed by atoms with Crippen LogP contribution in [-0.4, -0.2) is 29.8 Å². The lowest BCUT2D eigenvalue weighted by Crippen LogP contribution is -2.49. The fraction of sp³-hybridized carbons (Fsp3) is 0.281. The van der Waals surface area contributed by atoms with Gasteiger partial charge in [-0.1, -0.05) is 54.6 Å². The van der Waals surface area contributed by atoms with Crippen molar-refractivity contribution in [2.45, 2.75) is 45.8 Å². The number of carboxylic acid groups (broad SMARTS) is 1. The summed E-state index contributed by atoms with van der Waals surface area (Å²) in [7, 11) is 0. The van der Waals surface area contributed by atoms with Gasteiger partial charge < -0.3 is 20.1 Å². The first-order chi connectivity index (χ1) is 17.8. The Labute approximate surface area is 230 Å². The van der Waals surface area contributed by atoms with Gasteiger partial charge in [0.25, 0.3) is 0 Å². The summed E-state index contributed by atoms with van der Waals surface area (Å²) in [6, 6.07) is 27.0. The summed E-state index contributed by atoms with van der Waals surface area (Å²) in [5, 5.41) is 16.0. The number of ether oxygens (including phenoxy) is 1. The van der Waals surface area contributed by atoms with Gasteiger partial charge in [0.05, 0.1) is 17.8 Å². The van der Waals surface area contributed by atoms with Gasteiger partial charge in [-0.2, -0.15) is 0 Å². The normalized spacial score (nSPS) is 17.3. The molecule has 38 heavy (non-hydrogen) atoms. The highest BCUT2D eigenvalue weighted by Crippen LogP contribution is 2.42. The molecule has 1 aliphatic heterocycles. The minimum absolute atomic E-state index is 0. The molecule has 0 amide bonds. The Morgan fingerprint density at radius 2 is 1.76 bits per heavy atom. The van der Waals surface area contributed by atoms with Gasteiger partial charge in [-0.15, -0.1) is 12.4 Å². The maximum Gasteiger partial charge on any atom is 0.336 e. The molecule has 1 heterocycles. The average molecular weight is 531 g/mol. The molecule has 4 aromatic rings. The van der Waals surface area contributed by atoms with E-state index in [1.54, 1.807) is 6.07 Å². The second-order valence-electron chi connectivity index (χ2n) is 10.3. The van der Waals surface area contributed by atoms with Crippen molar-refractivity contribution in [1.82, 2.24) is 5.32 Å². The van der Waals surface area contributed by atoms with Crippen molar-refractivity contribution in [3.05, 3.63) is 101 Å². The monoisotopic (exact) mass is 530 g/mol. The third-order valence-corrected chi connectivity index (χ3v) is 7.59. The Hall–Kier alpha value is -3.54. The van der Waals surface area contributed by atoms with Crippen molar-refractivity contribution in [1.29, 1.82) is 0 Å². The van der Waals surface area contributed by atoms with E-state index in [0.717, 1.165) is 41.2 Å². The molecule has 0 radical (unpaired) electrons. The molecule has 1 unspecified atom stereocenters. The third kappa shape index (κ3) is 5.35. The smallest absolute Gasteiger partial charge is 0.336 e. The van der Waals surface area contributed by atoms with Crippen molar-refractivity contribution >= 4 is 40.5 Å². The molecule has 0 aromatic heterocycles. The number of nitrogens with zero attached hydrogens (tertiary/aromatic N) is 1. The highest BCUT2D eigenvalue weighted by Gasteiger charge is 2.36. The molecule has 5 nitrogen and oxygen atoms in total. The first kappa shape index (κ1) is 27.5. The first-order valence-corrected chi connectivity index (χ1v) is 12.9. The van der Waals surface area contributed by atoms with Gasteiger partial charge in [0.15, 0.2) is 0 Å². The Morgan fingerprint density at radius 3 is 2.55 bits per heavy atom. The number of benzene rings is 4. The second kappa shape index (κ2) is 11.1. The minimum Gasteiger partial charge on any atom is -0.483 e. The summed E-state index contributed by atoms with van der Waals surface area (Å²) < 4.78 is 6.56. The molecule has 2 atom stereocenters. The molecule has 6 heteroatoms. The van der Waals surface area contributed by atoms with Crippen LogP contribution in [-0.2, 0) is 0 Å². The van der Waals surface area contributed by atoms with Crippen LogP contribution in [0.15, 0.2) is 78.9 Å². The molecule has 0 saturated heterocycles. The fourth-order valence-electron chi connectivity index (χ4n) is 5.35. The maximum atomic E-state index is 11.9. The van der Waals surface area contributed by atoms with E-state index in [0.29, 0.717) is 12.1 Å². The van der Waals surface area contributed by atoms with E-state index < -0.39 is 11.6 Å². The molecule has 0 fully saturated rings. The number of carboxylic acids is 1. The van der Waals surface area contributed by atoms with Crippen LogP contribution in [0.1, 0.15) is 53.4 Å². The predicted octanol–water partition coefficient (Wildman–Crippen LogP) is 7.61. The van der Waals surface area contributed by atoms with Crippen LogP contribution in [0.5, 0.6) is 5.75 Å². The Balaban J connectivity index is 0.00000336. The number of nitrogens with one attached hydrogen (secondary N) is 1. The van der Waals surface area contributed by atoms with Gasteiger partial charge in [0.1, 0.15) is 11.4 Å². The highest BCUT2D eigenvalue weighted by molar-refractivity contribution is 5.92. The van der Waals surface area contributed by atoms with E-state index in [1.165, 1.54) is 16.3 Å². The Kier molecular flexibility index (Phi) is 8.00. The molecule has 0 saturated carbocycles. The zero-order valence-electron chi connectivity index (χ0n) is 22.3. The molecule has 1 aliphatic rings. The molecule has 198 valence electrons. The molecular formula is C32H35ClN2O3. The van der Waals surface area contributed by atoms with Gasteiger partial charge in [-0.25, -0.2) is 4.79 Å². The van der Waals surface area contributed by atoms with E-state index >= 15 is 0 Å². The molecule has 0 spiro atoms. The lowest BCUT2D eigenvalue weighted by molar-refractivity contribution is 0.0696. The van der Waals surface area contributed by atoms with Crippen molar-refractivity contribution in [2.24, 2.45) is 0 Å². The summed E-state index contributed by atoms with van der Waals surface area (Å²) in [6.07, 6.45) is 0.795. The molecule has 2 N–H and O–H groups in total. The predicted molar refractivity (Wildman–Crippen MR) is 158 cm³/mol. The highest BCUT2D eigenvalue weighted by atomic mass is 35.5. The zero-order chi connectivity index (χ0) is 26.2. The summed E-state index contributed by atoms with van der Waals surface area (Å²) in [5.41, 5.74) is 4.76. The quantitative estimate of drug-likeness (QED) is 0.257. The van der Waals surface area contributed by atoms with E-state index in [-0.39, 0.29) is 18.4 Å². The number of carbonyl (C=O) groups is 1. The van der Waals surface area contributed by atoms with Crippen molar-refractivity contribution in [2.75, 3.05) is 18.0 Å². The minimum atomic E-state index is -0.904. The first-order valence-electron chi connectivity index (χ1n) is 12.9. The average Bonchev–Trinajstić information content (AvgIpc) is 2.89. The number of halogens is 1. The topological polar surface area (TPSA) is 61.8 Å². The number of anilines is 2. The van der Waals surface area contributed by atoms with Crippen LogP contribution < -0.4 is 15.0 Å². The van der Waals surface area contributed by atoms with Gasteiger partial charge in [-0.05, 0) is 86.0 Å². The number of aryl methyl sites for hydroxylation is 1. The fourth-order valence-corrected chi connectivity index (χ4v) is 5.35. The Morgan fingerprint density at radius 1 is 1.05 bits per heavy atom. The van der Waals surface area contributed by atoms with Crippen molar-refractivity contribution in [3.8, 4) is 5.75 Å². The van der Waals surface area contributed by atoms with Crippen LogP contribution in [0, 0.1) is 13.8 Å². The summed E-state index contributed by atoms with van der Waals surface area (Å²) in [6.45, 7) is 9.58. The Bertz CT molecular complexity index is 1470. The van der Waals surface area contributed by atoms with E-state index in [1.807, 2.05) is 38.1 Å². The van der Waals surface area contributed by atoms with Crippen LogP contribution in [0.25, 0.3) is 10.8 Å². The molecule has 0 aliphatic carbocycles. The third-order valence-electron chi connectivity index (χ3n) is 7.59. The van der Waals surface area contributed by atoms with E-state index in [4.69, 9.17) is 4.74 Å². The van der Waals surface area contributed by atoms with E-state index in [9.17, 15) is 9.90 Å². The standard InChI is InChI=1S/C32H34N2O3.ClH/c1-21-18-25(19-28(22(21)2)31(35)36)34-20-32(4,37-30-15-8-7-14-29(30)34)16-17-33-23(3)26-13-9-11-24-10-5-6-12-27(24)26;/h5-15,18-19,23,33H,16-17,20H2,1-4H3,(H,35,36);1H/t23-,32?;/m1./s1. The zero-order valence-corrected chi connectivity index (χ0v) is 23.1. The lowest BCUT2D eigenvalue weighted by atomic mass is 9.95. The largest absolute Gasteiger partial charge is 0.483 e. The molecular weight excluding hydrogens is 496 g/mol. The number of para-hydroxylation sites is 2. The van der Waals surface area contributed by atoms with Crippen molar-refractivity contribution < 1.29 is 14.6 Å². The van der Waals surface area contributed by atoms with Gasteiger partial charge in [0, 0.05) is 18.2 Å². The SMILES string of the molecule is Cc1cc(N2CC(C)(CCN[C@H](C)c3cccc4ccccc34)Oc3ccccc32)cc(C(=O)O)c1C.Cl.